The summed E-state index contributed by atoms with van der Waals surface area (Å²) < 4.78 is 9.92. The fraction of sp³-hybridized carbons (Fsp3) is 0.571. The third-order valence-electron chi connectivity index (χ3n) is 1.89. The maximum atomic E-state index is 11.1. The Morgan fingerprint density at radius 1 is 0.850 bits per heavy atom. The van der Waals surface area contributed by atoms with Crippen molar-refractivity contribution < 1.29 is 19.1 Å². The first-order chi connectivity index (χ1) is 9.70. The van der Waals surface area contributed by atoms with Gasteiger partial charge < -0.3 is 9.47 Å². The summed E-state index contributed by atoms with van der Waals surface area (Å²) in [4.78, 5) is 22.2. The first-order valence-electron chi connectivity index (χ1n) is 6.13. The van der Waals surface area contributed by atoms with Crippen molar-refractivity contribution >= 4 is 33.5 Å². The molecule has 0 rings (SSSR count). The third kappa shape index (κ3) is 13.2. The van der Waals surface area contributed by atoms with Crippen LogP contribution in [0.15, 0.2) is 0 Å². The van der Waals surface area contributed by atoms with E-state index in [4.69, 9.17) is 22.3 Å². The van der Waals surface area contributed by atoms with E-state index in [2.05, 4.69) is 11.8 Å². The van der Waals surface area contributed by atoms with Crippen LogP contribution in [0.3, 0.4) is 0 Å². The molecule has 0 unspecified atom stereocenters. The molecule has 0 atom stereocenters. The van der Waals surface area contributed by atoms with Crippen molar-refractivity contribution in [1.29, 1.82) is 0 Å². The molecule has 0 fully saturated rings. The second kappa shape index (κ2) is 14.2. The SMILES string of the molecule is C#CCCC(=O)OCCSSCCOC(=O)CCC#C. The Labute approximate surface area is 128 Å². The lowest BCUT2D eigenvalue weighted by molar-refractivity contribution is -0.143. The Kier molecular flexibility index (Phi) is 13.3. The van der Waals surface area contributed by atoms with Crippen molar-refractivity contribution in [2.75, 3.05) is 24.7 Å². The molecule has 0 saturated carbocycles. The van der Waals surface area contributed by atoms with Crippen LogP contribution in [0.5, 0.6) is 0 Å². The molecule has 0 saturated heterocycles. The van der Waals surface area contributed by atoms with Gasteiger partial charge in [-0.1, -0.05) is 21.6 Å². The van der Waals surface area contributed by atoms with Gasteiger partial charge in [-0.2, -0.15) is 0 Å². The fourth-order valence-electron chi connectivity index (χ4n) is 0.990. The van der Waals surface area contributed by atoms with Crippen molar-refractivity contribution in [1.82, 2.24) is 0 Å². The smallest absolute Gasteiger partial charge is 0.306 e. The van der Waals surface area contributed by atoms with Crippen molar-refractivity contribution in [3.63, 3.8) is 0 Å². The van der Waals surface area contributed by atoms with E-state index in [1.165, 1.54) is 0 Å². The molecule has 4 nitrogen and oxygen atoms in total. The molecule has 0 aromatic rings. The van der Waals surface area contributed by atoms with Gasteiger partial charge >= 0.3 is 11.9 Å². The first kappa shape index (κ1) is 18.8. The van der Waals surface area contributed by atoms with Crippen LogP contribution >= 0.6 is 21.6 Å². The average Bonchev–Trinajstić information content (AvgIpc) is 2.45. The van der Waals surface area contributed by atoms with E-state index < -0.39 is 0 Å². The number of esters is 2. The highest BCUT2D eigenvalue weighted by Gasteiger charge is 2.02. The highest BCUT2D eigenvalue weighted by Crippen LogP contribution is 2.20. The number of carbonyl (C=O) groups excluding carboxylic acids is 2. The Bertz CT molecular complexity index is 332. The molecule has 0 bridgehead atoms. The fourth-order valence-corrected chi connectivity index (χ4v) is 2.64. The largest absolute Gasteiger partial charge is 0.465 e. The zero-order valence-corrected chi connectivity index (χ0v) is 12.9. The summed E-state index contributed by atoms with van der Waals surface area (Å²) in [6.45, 7) is 0.728. The lowest BCUT2D eigenvalue weighted by atomic mass is 10.3. The maximum absolute atomic E-state index is 11.1. The molecule has 0 aliphatic heterocycles. The predicted molar refractivity (Wildman–Crippen MR) is 83.0 cm³/mol. The molecule has 0 spiro atoms. The van der Waals surface area contributed by atoms with Crippen LogP contribution in [0.2, 0.25) is 0 Å². The minimum atomic E-state index is -0.268. The van der Waals surface area contributed by atoms with Gasteiger partial charge in [0.15, 0.2) is 0 Å². The second-order valence-electron chi connectivity index (χ2n) is 3.49. The highest BCUT2D eigenvalue weighted by atomic mass is 33.1. The van der Waals surface area contributed by atoms with Crippen molar-refractivity contribution in [3.8, 4) is 24.7 Å². The number of terminal acetylenes is 2. The van der Waals surface area contributed by atoms with Crippen LogP contribution in [0.4, 0.5) is 0 Å². The predicted octanol–water partition coefficient (Wildman–Crippen LogP) is 2.28. The van der Waals surface area contributed by atoms with Crippen LogP contribution in [-0.4, -0.2) is 36.7 Å². The molecule has 0 aliphatic rings. The zero-order chi connectivity index (χ0) is 15.1. The monoisotopic (exact) mass is 314 g/mol. The highest BCUT2D eigenvalue weighted by molar-refractivity contribution is 8.76. The minimum Gasteiger partial charge on any atom is -0.465 e. The van der Waals surface area contributed by atoms with E-state index in [9.17, 15) is 9.59 Å². The van der Waals surface area contributed by atoms with E-state index in [0.29, 0.717) is 37.6 Å². The summed E-state index contributed by atoms with van der Waals surface area (Å²) in [6, 6.07) is 0. The number of rotatable bonds is 11. The summed E-state index contributed by atoms with van der Waals surface area (Å²) in [5.74, 6) is 5.61. The van der Waals surface area contributed by atoms with E-state index in [0.717, 1.165) is 0 Å². The molecule has 0 aromatic carbocycles. The standard InChI is InChI=1S/C14H18O4S2/c1-3-5-7-13(15)17-9-11-19-20-12-10-18-14(16)8-6-4-2/h1-2H,5-12H2. The molecule has 0 heterocycles. The summed E-state index contributed by atoms with van der Waals surface area (Å²) in [7, 11) is 3.13. The van der Waals surface area contributed by atoms with Crippen LogP contribution in [0.25, 0.3) is 0 Å². The molecule has 6 heteroatoms. The zero-order valence-electron chi connectivity index (χ0n) is 11.3. The molecular formula is C14H18O4S2. The minimum absolute atomic E-state index is 0.266. The van der Waals surface area contributed by atoms with E-state index in [1.807, 2.05) is 0 Å². The van der Waals surface area contributed by atoms with Gasteiger partial charge in [-0.25, -0.2) is 0 Å². The summed E-state index contributed by atoms with van der Waals surface area (Å²) in [5.41, 5.74) is 0. The molecule has 0 radical (unpaired) electrons. The summed E-state index contributed by atoms with van der Waals surface area (Å²) >= 11 is 0. The van der Waals surface area contributed by atoms with Crippen molar-refractivity contribution in [2.45, 2.75) is 25.7 Å². The second-order valence-corrected chi connectivity index (χ2v) is 6.20. The van der Waals surface area contributed by atoms with Gasteiger partial charge in [0.1, 0.15) is 13.2 Å². The molecule has 20 heavy (non-hydrogen) atoms. The normalized spacial score (nSPS) is 9.30. The Morgan fingerprint density at radius 2 is 1.25 bits per heavy atom. The van der Waals surface area contributed by atoms with Crippen LogP contribution in [-0.2, 0) is 19.1 Å². The Hall–Kier alpha value is -1.24. The van der Waals surface area contributed by atoms with Crippen LogP contribution in [0.1, 0.15) is 25.7 Å². The first-order valence-corrected chi connectivity index (χ1v) is 8.62. The average molecular weight is 314 g/mol. The number of carbonyl (C=O) groups is 2. The number of ether oxygens (including phenoxy) is 2. The van der Waals surface area contributed by atoms with Crippen LogP contribution < -0.4 is 0 Å². The van der Waals surface area contributed by atoms with Gasteiger partial charge in [0, 0.05) is 24.3 Å². The van der Waals surface area contributed by atoms with E-state index >= 15 is 0 Å². The van der Waals surface area contributed by atoms with Gasteiger partial charge in [0.25, 0.3) is 0 Å². The lowest BCUT2D eigenvalue weighted by Gasteiger charge is -2.04. The van der Waals surface area contributed by atoms with E-state index in [-0.39, 0.29) is 24.8 Å². The summed E-state index contributed by atoms with van der Waals surface area (Å²) in [6.07, 6.45) is 11.4. The van der Waals surface area contributed by atoms with Crippen molar-refractivity contribution in [2.24, 2.45) is 0 Å². The van der Waals surface area contributed by atoms with Gasteiger partial charge in [0.2, 0.25) is 0 Å². The van der Waals surface area contributed by atoms with Crippen molar-refractivity contribution in [3.05, 3.63) is 0 Å². The maximum Gasteiger partial charge on any atom is 0.306 e. The van der Waals surface area contributed by atoms with Gasteiger partial charge in [-0.05, 0) is 0 Å². The summed E-state index contributed by atoms with van der Waals surface area (Å²) in [5, 5.41) is 0. The molecular weight excluding hydrogens is 296 g/mol. The topological polar surface area (TPSA) is 52.6 Å². The van der Waals surface area contributed by atoms with Gasteiger partial charge in [-0.15, -0.1) is 24.7 Å². The van der Waals surface area contributed by atoms with Crippen LogP contribution in [0, 0.1) is 24.7 Å². The quantitative estimate of drug-likeness (QED) is 0.252. The molecule has 110 valence electrons. The Morgan fingerprint density at radius 3 is 1.60 bits per heavy atom. The van der Waals surface area contributed by atoms with E-state index in [1.54, 1.807) is 21.6 Å². The Balaban J connectivity index is 3.25. The molecule has 0 N–H and O–H groups in total. The molecule has 0 aliphatic carbocycles. The lowest BCUT2D eigenvalue weighted by Crippen LogP contribution is -2.07. The molecule has 0 amide bonds. The van der Waals surface area contributed by atoms with Gasteiger partial charge in [-0.3, -0.25) is 9.59 Å². The third-order valence-corrected chi connectivity index (χ3v) is 4.22. The number of hydrogen-bond donors (Lipinski definition) is 0. The molecule has 0 aromatic heterocycles. The number of hydrogen-bond acceptors (Lipinski definition) is 6. The van der Waals surface area contributed by atoms with Gasteiger partial charge in [0.05, 0.1) is 12.8 Å².